The van der Waals surface area contributed by atoms with Crippen LogP contribution in [-0.2, 0) is 4.79 Å². The Bertz CT molecular complexity index is 905. The van der Waals surface area contributed by atoms with Crippen LogP contribution in [-0.4, -0.2) is 29.6 Å². The lowest BCUT2D eigenvalue weighted by atomic mass is 10.2. The molecule has 0 fully saturated rings. The molecule has 2 rings (SSSR count). The van der Waals surface area contributed by atoms with E-state index in [1.807, 2.05) is 32.9 Å². The Morgan fingerprint density at radius 2 is 1.86 bits per heavy atom. The third-order valence-electron chi connectivity index (χ3n) is 3.51. The number of rotatable bonds is 6. The number of hydrogen-bond donors (Lipinski definition) is 3. The maximum Gasteiger partial charge on any atom is 0.276 e. The molecule has 3 N–H and O–H groups in total. The number of ether oxygens (including phenoxy) is 2. The van der Waals surface area contributed by atoms with Crippen LogP contribution in [0.2, 0.25) is 0 Å². The minimum Gasteiger partial charge on any atom is -0.491 e. The standard InChI is InChI=1S/C20H22BrN3O4S/c1-12(2)28-16-6-4-5-14(10-16)19(26)22-20(29)24-23-18(25)11-27-15-7-8-17(21)13(3)9-15/h4-10,12H,11H2,1-3H3,(H,23,25)(H2,22,24,26,29). The Morgan fingerprint density at radius 1 is 1.10 bits per heavy atom. The van der Waals surface area contributed by atoms with Crippen molar-refractivity contribution in [1.82, 2.24) is 16.2 Å². The number of hydrogen-bond acceptors (Lipinski definition) is 5. The van der Waals surface area contributed by atoms with Crippen LogP contribution in [0.5, 0.6) is 11.5 Å². The Balaban J connectivity index is 1.77. The number of amides is 2. The molecule has 0 aromatic heterocycles. The van der Waals surface area contributed by atoms with Gasteiger partial charge >= 0.3 is 0 Å². The molecule has 0 radical (unpaired) electrons. The van der Waals surface area contributed by atoms with Crippen molar-refractivity contribution in [2.75, 3.05) is 6.61 Å². The zero-order chi connectivity index (χ0) is 21.4. The van der Waals surface area contributed by atoms with E-state index < -0.39 is 11.8 Å². The Kier molecular flexibility index (Phi) is 8.41. The van der Waals surface area contributed by atoms with Gasteiger partial charge in [-0.15, -0.1) is 0 Å². The first-order valence-electron chi connectivity index (χ1n) is 8.80. The molecule has 0 spiro atoms. The molecule has 29 heavy (non-hydrogen) atoms. The van der Waals surface area contributed by atoms with Gasteiger partial charge in [-0.1, -0.05) is 22.0 Å². The van der Waals surface area contributed by atoms with Crippen LogP contribution in [0, 0.1) is 6.92 Å². The molecular weight excluding hydrogens is 458 g/mol. The summed E-state index contributed by atoms with van der Waals surface area (Å²) < 4.78 is 11.9. The highest BCUT2D eigenvalue weighted by Crippen LogP contribution is 2.21. The minimum absolute atomic E-state index is 0.00481. The Labute approximate surface area is 183 Å². The number of thiocarbonyl (C=S) groups is 1. The summed E-state index contributed by atoms with van der Waals surface area (Å²) in [5.74, 6) is 0.280. The molecule has 0 bridgehead atoms. The van der Waals surface area contributed by atoms with Crippen LogP contribution < -0.4 is 25.6 Å². The molecule has 7 nitrogen and oxygen atoms in total. The van der Waals surface area contributed by atoms with Gasteiger partial charge in [0.05, 0.1) is 6.10 Å². The normalized spacial score (nSPS) is 10.2. The fourth-order valence-electron chi connectivity index (χ4n) is 2.21. The van der Waals surface area contributed by atoms with E-state index in [-0.39, 0.29) is 17.8 Å². The number of halogens is 1. The van der Waals surface area contributed by atoms with Gasteiger partial charge in [-0.05, 0) is 75.0 Å². The SMILES string of the molecule is Cc1cc(OCC(=O)NNC(=S)NC(=O)c2cccc(OC(C)C)c2)ccc1Br. The average Bonchev–Trinajstić information content (AvgIpc) is 2.67. The van der Waals surface area contributed by atoms with E-state index in [4.69, 9.17) is 21.7 Å². The summed E-state index contributed by atoms with van der Waals surface area (Å²) in [5, 5.41) is 2.44. The van der Waals surface area contributed by atoms with E-state index in [2.05, 4.69) is 32.1 Å². The van der Waals surface area contributed by atoms with Crippen molar-refractivity contribution in [1.29, 1.82) is 0 Å². The fourth-order valence-corrected chi connectivity index (χ4v) is 2.60. The van der Waals surface area contributed by atoms with Gasteiger partial charge in [0.1, 0.15) is 11.5 Å². The van der Waals surface area contributed by atoms with Gasteiger partial charge in [-0.25, -0.2) is 0 Å². The van der Waals surface area contributed by atoms with Gasteiger partial charge in [0, 0.05) is 10.0 Å². The molecule has 0 heterocycles. The summed E-state index contributed by atoms with van der Waals surface area (Å²) in [7, 11) is 0. The lowest BCUT2D eigenvalue weighted by molar-refractivity contribution is -0.123. The molecule has 0 atom stereocenters. The number of nitrogens with one attached hydrogen (secondary N) is 3. The number of carbonyl (C=O) groups is 2. The molecule has 0 saturated carbocycles. The zero-order valence-electron chi connectivity index (χ0n) is 16.2. The lowest BCUT2D eigenvalue weighted by Crippen LogP contribution is -2.49. The van der Waals surface area contributed by atoms with Crippen LogP contribution in [0.4, 0.5) is 0 Å². The van der Waals surface area contributed by atoms with Crippen molar-refractivity contribution in [3.05, 3.63) is 58.1 Å². The smallest absolute Gasteiger partial charge is 0.276 e. The first-order chi connectivity index (χ1) is 13.7. The minimum atomic E-state index is -0.450. The third kappa shape index (κ3) is 7.71. The molecule has 0 unspecified atom stereocenters. The first kappa shape index (κ1) is 22.6. The Morgan fingerprint density at radius 3 is 2.55 bits per heavy atom. The molecular formula is C20H22BrN3O4S. The fraction of sp³-hybridized carbons (Fsp3) is 0.250. The highest BCUT2D eigenvalue weighted by molar-refractivity contribution is 9.10. The largest absolute Gasteiger partial charge is 0.491 e. The zero-order valence-corrected chi connectivity index (χ0v) is 18.6. The van der Waals surface area contributed by atoms with Crippen molar-refractivity contribution in [3.8, 4) is 11.5 Å². The third-order valence-corrected chi connectivity index (χ3v) is 4.60. The van der Waals surface area contributed by atoms with E-state index in [9.17, 15) is 9.59 Å². The molecule has 2 amide bonds. The van der Waals surface area contributed by atoms with E-state index in [0.29, 0.717) is 17.1 Å². The molecule has 154 valence electrons. The summed E-state index contributed by atoms with van der Waals surface area (Å²) in [6.07, 6.45) is -0.00481. The van der Waals surface area contributed by atoms with E-state index >= 15 is 0 Å². The van der Waals surface area contributed by atoms with Crippen molar-refractivity contribution in [2.45, 2.75) is 26.9 Å². The second-order valence-corrected chi connectivity index (χ2v) is 7.61. The van der Waals surface area contributed by atoms with Crippen LogP contribution >= 0.6 is 28.1 Å². The topological polar surface area (TPSA) is 88.7 Å². The molecule has 0 aliphatic rings. The van der Waals surface area contributed by atoms with E-state index in [0.717, 1.165) is 10.0 Å². The summed E-state index contributed by atoms with van der Waals surface area (Å²) in [6.45, 7) is 5.51. The predicted molar refractivity (Wildman–Crippen MR) is 118 cm³/mol. The Hall–Kier alpha value is -2.65. The molecule has 0 aliphatic carbocycles. The maximum atomic E-state index is 12.3. The van der Waals surface area contributed by atoms with Gasteiger partial charge < -0.3 is 9.47 Å². The van der Waals surface area contributed by atoms with Crippen LogP contribution in [0.1, 0.15) is 29.8 Å². The highest BCUT2D eigenvalue weighted by Gasteiger charge is 2.10. The second kappa shape index (κ2) is 10.8. The number of benzene rings is 2. The van der Waals surface area contributed by atoms with Crippen LogP contribution in [0.15, 0.2) is 46.9 Å². The molecule has 0 aliphatic heterocycles. The summed E-state index contributed by atoms with van der Waals surface area (Å²) >= 11 is 8.43. The van der Waals surface area contributed by atoms with E-state index in [1.165, 1.54) is 0 Å². The predicted octanol–water partition coefficient (Wildman–Crippen LogP) is 3.26. The molecule has 9 heteroatoms. The van der Waals surface area contributed by atoms with Gasteiger partial charge in [0.2, 0.25) is 0 Å². The average molecular weight is 480 g/mol. The summed E-state index contributed by atoms with van der Waals surface area (Å²) in [4.78, 5) is 24.2. The number of carbonyl (C=O) groups excluding carboxylic acids is 2. The second-order valence-electron chi connectivity index (χ2n) is 6.35. The lowest BCUT2D eigenvalue weighted by Gasteiger charge is -2.13. The van der Waals surface area contributed by atoms with Crippen molar-refractivity contribution >= 4 is 45.1 Å². The maximum absolute atomic E-state index is 12.3. The highest BCUT2D eigenvalue weighted by atomic mass is 79.9. The number of hydrazine groups is 1. The van der Waals surface area contributed by atoms with Gasteiger partial charge in [0.25, 0.3) is 11.8 Å². The van der Waals surface area contributed by atoms with Crippen LogP contribution in [0.3, 0.4) is 0 Å². The first-order valence-corrected chi connectivity index (χ1v) is 10.0. The van der Waals surface area contributed by atoms with Crippen LogP contribution in [0.25, 0.3) is 0 Å². The monoisotopic (exact) mass is 479 g/mol. The van der Waals surface area contributed by atoms with Gasteiger partial charge in [0.15, 0.2) is 11.7 Å². The molecule has 2 aromatic rings. The summed E-state index contributed by atoms with van der Waals surface area (Å²) in [6, 6.07) is 12.1. The van der Waals surface area contributed by atoms with E-state index in [1.54, 1.807) is 30.3 Å². The van der Waals surface area contributed by atoms with Gasteiger partial charge in [-0.3, -0.25) is 25.8 Å². The van der Waals surface area contributed by atoms with Gasteiger partial charge in [-0.2, -0.15) is 0 Å². The quantitative estimate of drug-likeness (QED) is 0.435. The molecule has 0 saturated heterocycles. The van der Waals surface area contributed by atoms with Crippen molar-refractivity contribution in [2.24, 2.45) is 0 Å². The summed E-state index contributed by atoms with van der Waals surface area (Å²) in [5.41, 5.74) is 6.21. The number of aryl methyl sites for hydroxylation is 1. The molecule has 2 aromatic carbocycles. The van der Waals surface area contributed by atoms with Crippen molar-refractivity contribution in [3.63, 3.8) is 0 Å². The van der Waals surface area contributed by atoms with Crippen molar-refractivity contribution < 1.29 is 19.1 Å².